The molecule has 3 rings (SSSR count). The van der Waals surface area contributed by atoms with Crippen LogP contribution >= 0.6 is 11.3 Å². The predicted molar refractivity (Wildman–Crippen MR) is 75.6 cm³/mol. The van der Waals surface area contributed by atoms with Crippen molar-refractivity contribution in [2.75, 3.05) is 25.0 Å². The van der Waals surface area contributed by atoms with Gasteiger partial charge in [-0.2, -0.15) is 0 Å². The minimum absolute atomic E-state index is 0.234. The smallest absolute Gasteiger partial charge is 0.323 e. The van der Waals surface area contributed by atoms with E-state index >= 15 is 0 Å². The fraction of sp³-hybridized carbons (Fsp3) is 0.308. The number of hydrogen-bond donors (Lipinski definition) is 1. The van der Waals surface area contributed by atoms with Gasteiger partial charge in [0.25, 0.3) is 0 Å². The van der Waals surface area contributed by atoms with Crippen LogP contribution < -0.4 is 5.32 Å². The van der Waals surface area contributed by atoms with Crippen LogP contribution in [0.3, 0.4) is 0 Å². The summed E-state index contributed by atoms with van der Waals surface area (Å²) < 4.78 is 18.6. The van der Waals surface area contributed by atoms with Gasteiger partial charge in [0.15, 0.2) is 0 Å². The monoisotopic (exact) mass is 308 g/mol. The maximum Gasteiger partial charge on any atom is 0.323 e. The molecular formula is C13H13FN4O2S. The van der Waals surface area contributed by atoms with E-state index in [0.29, 0.717) is 24.8 Å². The van der Waals surface area contributed by atoms with Gasteiger partial charge < -0.3 is 9.64 Å². The van der Waals surface area contributed by atoms with E-state index in [1.165, 1.54) is 23.5 Å². The van der Waals surface area contributed by atoms with Crippen molar-refractivity contribution in [1.29, 1.82) is 0 Å². The summed E-state index contributed by atoms with van der Waals surface area (Å²) in [5, 5.41) is 10.6. The number of carbonyl (C=O) groups is 1. The Morgan fingerprint density at radius 2 is 2.24 bits per heavy atom. The topological polar surface area (TPSA) is 67.4 Å². The molecule has 1 N–H and O–H groups in total. The first-order valence-electron chi connectivity index (χ1n) is 6.41. The molecule has 1 fully saturated rings. The summed E-state index contributed by atoms with van der Waals surface area (Å²) in [5.41, 5.74) is 2.40. The zero-order chi connectivity index (χ0) is 14.7. The summed E-state index contributed by atoms with van der Waals surface area (Å²) in [7, 11) is 0. The van der Waals surface area contributed by atoms with E-state index in [1.807, 2.05) is 0 Å². The normalized spacial score (nSPS) is 18.5. The summed E-state index contributed by atoms with van der Waals surface area (Å²) in [4.78, 5) is 13.8. The van der Waals surface area contributed by atoms with Gasteiger partial charge in [-0.15, -0.1) is 10.2 Å². The Hall–Kier alpha value is -2.06. The maximum absolute atomic E-state index is 12.9. The van der Waals surface area contributed by atoms with Crippen molar-refractivity contribution in [3.8, 4) is 0 Å². The number of benzene rings is 1. The Balaban J connectivity index is 1.65. The van der Waals surface area contributed by atoms with Crippen LogP contribution in [0.4, 0.5) is 14.3 Å². The number of morpholine rings is 1. The van der Waals surface area contributed by atoms with Crippen LogP contribution in [0.15, 0.2) is 29.8 Å². The zero-order valence-electron chi connectivity index (χ0n) is 11.0. The van der Waals surface area contributed by atoms with E-state index in [4.69, 9.17) is 4.74 Å². The molecule has 8 heteroatoms. The number of aromatic nitrogens is 2. The van der Waals surface area contributed by atoms with Crippen LogP contribution in [0, 0.1) is 5.82 Å². The van der Waals surface area contributed by atoms with Crippen molar-refractivity contribution in [3.05, 3.63) is 41.2 Å². The molecule has 6 nitrogen and oxygen atoms in total. The van der Waals surface area contributed by atoms with Gasteiger partial charge in [0.2, 0.25) is 5.13 Å². The highest BCUT2D eigenvalue weighted by Crippen LogP contribution is 2.23. The number of rotatable bonds is 2. The number of amides is 2. The molecule has 1 aliphatic rings. The molecule has 1 aromatic heterocycles. The first kappa shape index (κ1) is 13.9. The van der Waals surface area contributed by atoms with Gasteiger partial charge in [0.1, 0.15) is 17.4 Å². The minimum atomic E-state index is -0.291. The number of hydrogen-bond acceptors (Lipinski definition) is 5. The van der Waals surface area contributed by atoms with E-state index in [9.17, 15) is 9.18 Å². The fourth-order valence-electron chi connectivity index (χ4n) is 2.11. The first-order chi connectivity index (χ1) is 10.2. The largest absolute Gasteiger partial charge is 0.370 e. The van der Waals surface area contributed by atoms with E-state index < -0.39 is 0 Å². The third kappa shape index (κ3) is 3.34. The Kier molecular flexibility index (Phi) is 4.07. The van der Waals surface area contributed by atoms with E-state index in [1.54, 1.807) is 22.5 Å². The Bertz CT molecular complexity index is 605. The average Bonchev–Trinajstić information content (AvgIpc) is 3.01. The number of nitrogens with zero attached hydrogens (tertiary/aromatic N) is 3. The second kappa shape index (κ2) is 6.15. The summed E-state index contributed by atoms with van der Waals surface area (Å²) in [5.74, 6) is -0.291. The van der Waals surface area contributed by atoms with Crippen molar-refractivity contribution in [2.45, 2.75) is 6.10 Å². The van der Waals surface area contributed by atoms with Crippen LogP contribution in [0.25, 0.3) is 0 Å². The molecule has 110 valence electrons. The molecule has 0 spiro atoms. The number of halogens is 1. The van der Waals surface area contributed by atoms with Gasteiger partial charge in [0.05, 0.1) is 13.2 Å². The summed E-state index contributed by atoms with van der Waals surface area (Å²) >= 11 is 1.26. The average molecular weight is 308 g/mol. The van der Waals surface area contributed by atoms with E-state index in [2.05, 4.69) is 15.5 Å². The lowest BCUT2D eigenvalue weighted by Crippen LogP contribution is -2.44. The molecular weight excluding hydrogens is 295 g/mol. The highest BCUT2D eigenvalue weighted by atomic mass is 32.1. The Morgan fingerprint density at radius 3 is 2.95 bits per heavy atom. The van der Waals surface area contributed by atoms with Crippen molar-refractivity contribution in [3.63, 3.8) is 0 Å². The minimum Gasteiger partial charge on any atom is -0.370 e. The molecule has 2 amide bonds. The number of carbonyl (C=O) groups excluding carboxylic acids is 1. The molecule has 0 bridgehead atoms. The molecule has 0 aliphatic carbocycles. The van der Waals surface area contributed by atoms with Crippen LogP contribution in [0.2, 0.25) is 0 Å². The van der Waals surface area contributed by atoms with Crippen LogP contribution in [0.1, 0.15) is 11.7 Å². The van der Waals surface area contributed by atoms with Gasteiger partial charge in [-0.05, 0) is 17.7 Å². The summed E-state index contributed by atoms with van der Waals surface area (Å²) in [6.45, 7) is 1.35. The van der Waals surface area contributed by atoms with E-state index in [0.717, 1.165) is 5.56 Å². The third-order valence-electron chi connectivity index (χ3n) is 3.17. The van der Waals surface area contributed by atoms with Crippen molar-refractivity contribution < 1.29 is 13.9 Å². The molecule has 2 aromatic rings. The van der Waals surface area contributed by atoms with Crippen molar-refractivity contribution in [2.24, 2.45) is 0 Å². The molecule has 1 atom stereocenters. The Labute approximate surface area is 124 Å². The lowest BCUT2D eigenvalue weighted by Gasteiger charge is -2.32. The maximum atomic E-state index is 12.9. The van der Waals surface area contributed by atoms with Gasteiger partial charge >= 0.3 is 6.03 Å². The second-order valence-electron chi connectivity index (χ2n) is 4.53. The van der Waals surface area contributed by atoms with Crippen LogP contribution in [-0.4, -0.2) is 40.8 Å². The molecule has 1 saturated heterocycles. The van der Waals surface area contributed by atoms with E-state index in [-0.39, 0.29) is 18.0 Å². The van der Waals surface area contributed by atoms with Crippen LogP contribution in [0.5, 0.6) is 0 Å². The van der Waals surface area contributed by atoms with Gasteiger partial charge in [-0.25, -0.2) is 9.18 Å². The summed E-state index contributed by atoms with van der Waals surface area (Å²) in [6.07, 6.45) is -0.250. The number of urea groups is 1. The van der Waals surface area contributed by atoms with Gasteiger partial charge in [-0.3, -0.25) is 5.32 Å². The van der Waals surface area contributed by atoms with Gasteiger partial charge in [0, 0.05) is 6.54 Å². The molecule has 0 unspecified atom stereocenters. The molecule has 2 heterocycles. The molecule has 21 heavy (non-hydrogen) atoms. The zero-order valence-corrected chi connectivity index (χ0v) is 11.8. The first-order valence-corrected chi connectivity index (χ1v) is 7.29. The van der Waals surface area contributed by atoms with Gasteiger partial charge in [-0.1, -0.05) is 23.5 Å². The molecule has 1 aromatic carbocycles. The SMILES string of the molecule is O=C(Nc1nncs1)N1CCO[C@@H](c2ccc(F)cc2)C1. The lowest BCUT2D eigenvalue weighted by atomic mass is 10.1. The standard InChI is InChI=1S/C13H13FN4O2S/c14-10-3-1-9(2-4-10)11-7-18(5-6-20-11)13(19)16-12-17-15-8-21-12/h1-4,8,11H,5-7H2,(H,16,17,19)/t11-/m1/s1. The molecule has 0 saturated carbocycles. The summed E-state index contributed by atoms with van der Waals surface area (Å²) in [6, 6.07) is 5.89. The fourth-order valence-corrected chi connectivity index (χ4v) is 2.55. The second-order valence-corrected chi connectivity index (χ2v) is 5.36. The highest BCUT2D eigenvalue weighted by Gasteiger charge is 2.25. The van der Waals surface area contributed by atoms with Crippen molar-refractivity contribution >= 4 is 22.5 Å². The quantitative estimate of drug-likeness (QED) is 0.924. The van der Waals surface area contributed by atoms with Crippen molar-refractivity contribution in [1.82, 2.24) is 15.1 Å². The highest BCUT2D eigenvalue weighted by molar-refractivity contribution is 7.13. The number of ether oxygens (including phenoxy) is 1. The molecule has 0 radical (unpaired) electrons. The third-order valence-corrected chi connectivity index (χ3v) is 3.78. The lowest BCUT2D eigenvalue weighted by molar-refractivity contribution is -0.0135. The number of anilines is 1. The predicted octanol–water partition coefficient (Wildman–Crippen LogP) is 2.28. The molecule has 1 aliphatic heterocycles. The number of nitrogens with one attached hydrogen (secondary N) is 1. The Morgan fingerprint density at radius 1 is 1.43 bits per heavy atom. The van der Waals surface area contributed by atoms with Crippen LogP contribution in [-0.2, 0) is 4.74 Å².